The average molecular weight is 151 g/mol. The summed E-state index contributed by atoms with van der Waals surface area (Å²) in [5.41, 5.74) is 5.87. The molecule has 0 radical (unpaired) electrons. The van der Waals surface area contributed by atoms with Crippen LogP contribution in [0.15, 0.2) is 17.4 Å². The van der Waals surface area contributed by atoms with Crippen molar-refractivity contribution in [1.82, 2.24) is 9.97 Å². The van der Waals surface area contributed by atoms with Crippen LogP contribution in [0.3, 0.4) is 0 Å². The topological polar surface area (TPSA) is 71.8 Å². The number of hydrogen-bond donors (Lipinski definition) is 2. The molecule has 0 aliphatic rings. The van der Waals surface area contributed by atoms with E-state index >= 15 is 0 Å². The summed E-state index contributed by atoms with van der Waals surface area (Å²) in [6, 6.07) is 1.31. The summed E-state index contributed by atoms with van der Waals surface area (Å²) in [6.45, 7) is 5.16. The fourth-order valence-corrected chi connectivity index (χ4v) is 0.744. The zero-order valence-electron chi connectivity index (χ0n) is 6.22. The monoisotopic (exact) mass is 151 g/mol. The summed E-state index contributed by atoms with van der Waals surface area (Å²) in [5, 5.41) is 0. The maximum Gasteiger partial charge on any atom is 0.251 e. The Morgan fingerprint density at radius 3 is 2.91 bits per heavy atom. The van der Waals surface area contributed by atoms with Crippen molar-refractivity contribution in [2.24, 2.45) is 5.73 Å². The van der Waals surface area contributed by atoms with Crippen molar-refractivity contribution < 1.29 is 0 Å². The van der Waals surface area contributed by atoms with Crippen molar-refractivity contribution in [1.29, 1.82) is 0 Å². The molecule has 0 saturated heterocycles. The number of nitrogens with two attached hydrogens (primary N) is 1. The first kappa shape index (κ1) is 7.53. The van der Waals surface area contributed by atoms with Crippen LogP contribution in [-0.4, -0.2) is 9.97 Å². The van der Waals surface area contributed by atoms with Gasteiger partial charge in [-0.05, 0) is 6.92 Å². The van der Waals surface area contributed by atoms with Gasteiger partial charge in [0.1, 0.15) is 5.82 Å². The first-order chi connectivity index (χ1) is 5.09. The van der Waals surface area contributed by atoms with Gasteiger partial charge < -0.3 is 10.7 Å². The van der Waals surface area contributed by atoms with E-state index in [9.17, 15) is 4.79 Å². The highest BCUT2D eigenvalue weighted by molar-refractivity contribution is 5.55. The van der Waals surface area contributed by atoms with Gasteiger partial charge in [0.25, 0.3) is 5.56 Å². The number of aryl methyl sites for hydroxylation is 1. The molecule has 0 aromatic carbocycles. The van der Waals surface area contributed by atoms with Gasteiger partial charge in [0.05, 0.1) is 11.4 Å². The van der Waals surface area contributed by atoms with Gasteiger partial charge in [0.15, 0.2) is 0 Å². The Hall–Kier alpha value is -1.58. The molecule has 3 N–H and O–H groups in total. The van der Waals surface area contributed by atoms with E-state index in [2.05, 4.69) is 16.5 Å². The molecule has 58 valence electrons. The van der Waals surface area contributed by atoms with Crippen LogP contribution >= 0.6 is 0 Å². The smallest absolute Gasteiger partial charge is 0.251 e. The molecule has 11 heavy (non-hydrogen) atoms. The first-order valence-electron chi connectivity index (χ1n) is 3.12. The number of H-pyrrole nitrogens is 1. The number of hydrogen-bond acceptors (Lipinski definition) is 3. The van der Waals surface area contributed by atoms with Crippen LogP contribution in [0, 0.1) is 6.92 Å². The van der Waals surface area contributed by atoms with Gasteiger partial charge in [-0.15, -0.1) is 0 Å². The van der Waals surface area contributed by atoms with Crippen LogP contribution in [0.1, 0.15) is 11.5 Å². The van der Waals surface area contributed by atoms with Crippen LogP contribution in [-0.2, 0) is 0 Å². The van der Waals surface area contributed by atoms with Gasteiger partial charge in [-0.3, -0.25) is 4.79 Å². The molecule has 0 aliphatic heterocycles. The lowest BCUT2D eigenvalue weighted by Crippen LogP contribution is -2.11. The van der Waals surface area contributed by atoms with Crippen LogP contribution < -0.4 is 11.3 Å². The second kappa shape index (κ2) is 2.57. The molecule has 0 saturated carbocycles. The van der Waals surface area contributed by atoms with Gasteiger partial charge in [-0.1, -0.05) is 6.58 Å². The average Bonchev–Trinajstić information content (AvgIpc) is 1.85. The highest BCUT2D eigenvalue weighted by Gasteiger charge is 1.97. The van der Waals surface area contributed by atoms with Crippen molar-refractivity contribution in [2.45, 2.75) is 6.92 Å². The van der Waals surface area contributed by atoms with Crippen molar-refractivity contribution >= 4 is 5.70 Å². The van der Waals surface area contributed by atoms with E-state index in [4.69, 9.17) is 5.73 Å². The van der Waals surface area contributed by atoms with Crippen molar-refractivity contribution in [3.63, 3.8) is 0 Å². The summed E-state index contributed by atoms with van der Waals surface area (Å²) in [6.07, 6.45) is 0. The minimum Gasteiger partial charge on any atom is -0.397 e. The van der Waals surface area contributed by atoms with Crippen molar-refractivity contribution in [3.05, 3.63) is 34.5 Å². The SMILES string of the molecule is C=C(N)c1cc(=O)[nH]c(C)n1. The van der Waals surface area contributed by atoms with Gasteiger partial charge >= 0.3 is 0 Å². The highest BCUT2D eigenvalue weighted by atomic mass is 16.1. The second-order valence-corrected chi connectivity index (χ2v) is 2.24. The number of rotatable bonds is 1. The third-order valence-electron chi connectivity index (χ3n) is 1.19. The van der Waals surface area contributed by atoms with Crippen LogP contribution in [0.25, 0.3) is 5.70 Å². The van der Waals surface area contributed by atoms with Crippen LogP contribution in [0.4, 0.5) is 0 Å². The van der Waals surface area contributed by atoms with Crippen molar-refractivity contribution in [2.75, 3.05) is 0 Å². The summed E-state index contributed by atoms with van der Waals surface area (Å²) in [4.78, 5) is 17.3. The van der Waals surface area contributed by atoms with Crippen LogP contribution in [0.5, 0.6) is 0 Å². The minimum atomic E-state index is -0.209. The molecule has 0 atom stereocenters. The summed E-state index contributed by atoms with van der Waals surface area (Å²) >= 11 is 0. The molecule has 0 bridgehead atoms. The molecule has 0 spiro atoms. The molecule has 1 heterocycles. The molecule has 4 nitrogen and oxygen atoms in total. The number of nitrogens with one attached hydrogen (secondary N) is 1. The number of aromatic nitrogens is 2. The molecule has 1 rings (SSSR count). The molecular formula is C7H9N3O. The second-order valence-electron chi connectivity index (χ2n) is 2.24. The first-order valence-corrected chi connectivity index (χ1v) is 3.12. The summed E-state index contributed by atoms with van der Waals surface area (Å²) in [5.74, 6) is 0.541. The van der Waals surface area contributed by atoms with E-state index in [1.54, 1.807) is 6.92 Å². The van der Waals surface area contributed by atoms with Gasteiger partial charge in [0, 0.05) is 6.07 Å². The minimum absolute atomic E-state index is 0.209. The fraction of sp³-hybridized carbons (Fsp3) is 0.143. The third-order valence-corrected chi connectivity index (χ3v) is 1.19. The maximum absolute atomic E-state index is 10.8. The normalized spacial score (nSPS) is 9.55. The van der Waals surface area contributed by atoms with Gasteiger partial charge in [-0.2, -0.15) is 0 Å². The molecule has 4 heteroatoms. The third kappa shape index (κ3) is 1.67. The Kier molecular flexibility index (Phi) is 1.76. The standard InChI is InChI=1S/C7H9N3O/c1-4(8)6-3-7(11)10-5(2)9-6/h3H,1,8H2,2H3,(H,9,10,11). The van der Waals surface area contributed by atoms with E-state index in [0.717, 1.165) is 0 Å². The summed E-state index contributed by atoms with van der Waals surface area (Å²) < 4.78 is 0. The van der Waals surface area contributed by atoms with E-state index in [0.29, 0.717) is 17.2 Å². The molecule has 0 unspecified atom stereocenters. The Morgan fingerprint density at radius 2 is 2.45 bits per heavy atom. The maximum atomic E-state index is 10.8. The lowest BCUT2D eigenvalue weighted by atomic mass is 10.3. The molecular weight excluding hydrogens is 142 g/mol. The van der Waals surface area contributed by atoms with E-state index in [1.807, 2.05) is 0 Å². The van der Waals surface area contributed by atoms with Crippen molar-refractivity contribution in [3.8, 4) is 0 Å². The van der Waals surface area contributed by atoms with Gasteiger partial charge in [0.2, 0.25) is 0 Å². The molecule has 0 fully saturated rings. The van der Waals surface area contributed by atoms with E-state index < -0.39 is 0 Å². The Balaban J connectivity index is 3.30. The Bertz CT molecular complexity index is 340. The predicted molar refractivity (Wildman–Crippen MR) is 42.8 cm³/mol. The van der Waals surface area contributed by atoms with E-state index in [-0.39, 0.29) is 5.56 Å². The molecule has 0 aliphatic carbocycles. The summed E-state index contributed by atoms with van der Waals surface area (Å²) in [7, 11) is 0. The quantitative estimate of drug-likeness (QED) is 0.593. The van der Waals surface area contributed by atoms with E-state index in [1.165, 1.54) is 6.07 Å². The number of aromatic amines is 1. The Morgan fingerprint density at radius 1 is 1.82 bits per heavy atom. The largest absolute Gasteiger partial charge is 0.397 e. The zero-order valence-corrected chi connectivity index (χ0v) is 6.22. The van der Waals surface area contributed by atoms with Crippen LogP contribution in [0.2, 0.25) is 0 Å². The highest BCUT2D eigenvalue weighted by Crippen LogP contribution is 1.97. The number of nitrogens with zero attached hydrogens (tertiary/aromatic N) is 1. The van der Waals surface area contributed by atoms with Gasteiger partial charge in [-0.25, -0.2) is 4.98 Å². The molecule has 0 amide bonds. The molecule has 1 aromatic rings. The lowest BCUT2D eigenvalue weighted by molar-refractivity contribution is 1.00. The predicted octanol–water partition coefficient (Wildman–Crippen LogP) is 0.00772. The Labute approximate surface area is 63.8 Å². The zero-order chi connectivity index (χ0) is 8.43. The fourth-order valence-electron chi connectivity index (χ4n) is 0.744. The molecule has 1 aromatic heterocycles. The lowest BCUT2D eigenvalue weighted by Gasteiger charge is -1.97.